The molecule has 96 valence electrons. The first kappa shape index (κ1) is 14.0. The van der Waals surface area contributed by atoms with Crippen LogP contribution in [0, 0.1) is 6.92 Å². The van der Waals surface area contributed by atoms with E-state index in [1.54, 1.807) is 0 Å². The van der Waals surface area contributed by atoms with E-state index >= 15 is 0 Å². The van der Waals surface area contributed by atoms with E-state index in [4.69, 9.17) is 0 Å². The number of para-hydroxylation sites is 1. The highest BCUT2D eigenvalue weighted by atomic mass is 16.3. The average molecular weight is 235 g/mol. The lowest BCUT2D eigenvalue weighted by Crippen LogP contribution is -2.53. The molecule has 0 aliphatic rings. The molecular formula is C15H25NO. The molecule has 0 amide bonds. The van der Waals surface area contributed by atoms with Gasteiger partial charge in [-0.1, -0.05) is 25.1 Å². The molecule has 0 heterocycles. The zero-order valence-electron chi connectivity index (χ0n) is 11.7. The molecule has 1 aromatic carbocycles. The molecule has 0 spiro atoms. The number of nitrogens with zero attached hydrogens (tertiary/aromatic N) is 1. The van der Waals surface area contributed by atoms with Gasteiger partial charge in [-0.2, -0.15) is 0 Å². The topological polar surface area (TPSA) is 23.5 Å². The van der Waals surface area contributed by atoms with Gasteiger partial charge in [-0.05, 0) is 45.7 Å². The predicted octanol–water partition coefficient (Wildman–Crippen LogP) is 3.37. The maximum atomic E-state index is 10.1. The van der Waals surface area contributed by atoms with Gasteiger partial charge in [0.1, 0.15) is 0 Å². The molecule has 0 aromatic heterocycles. The standard InChI is InChI=1S/C15H25NO/c1-6-15(5,13(4)17)16(7-2)14-11-9-8-10-12(14)3/h8-11,13,17H,6-7H2,1-5H3. The van der Waals surface area contributed by atoms with E-state index in [0.717, 1.165) is 13.0 Å². The summed E-state index contributed by atoms with van der Waals surface area (Å²) in [7, 11) is 0. The Balaban J connectivity index is 3.19. The second kappa shape index (κ2) is 5.54. The highest BCUT2D eigenvalue weighted by Gasteiger charge is 2.34. The lowest BCUT2D eigenvalue weighted by molar-refractivity contribution is 0.102. The molecule has 0 aliphatic heterocycles. The van der Waals surface area contributed by atoms with E-state index in [1.165, 1.54) is 11.3 Å². The molecule has 1 aromatic rings. The third kappa shape index (κ3) is 2.63. The summed E-state index contributed by atoms with van der Waals surface area (Å²) >= 11 is 0. The molecule has 17 heavy (non-hydrogen) atoms. The Labute approximate surface area is 105 Å². The number of aliphatic hydroxyl groups excluding tert-OH is 1. The third-order valence-electron chi connectivity index (χ3n) is 3.95. The predicted molar refractivity (Wildman–Crippen MR) is 74.6 cm³/mol. The van der Waals surface area contributed by atoms with Gasteiger partial charge in [0, 0.05) is 12.2 Å². The van der Waals surface area contributed by atoms with Crippen molar-refractivity contribution in [2.24, 2.45) is 0 Å². The molecule has 2 nitrogen and oxygen atoms in total. The largest absolute Gasteiger partial charge is 0.391 e. The highest BCUT2D eigenvalue weighted by Crippen LogP contribution is 2.31. The van der Waals surface area contributed by atoms with Gasteiger partial charge in [-0.25, -0.2) is 0 Å². The summed E-state index contributed by atoms with van der Waals surface area (Å²) in [4.78, 5) is 2.31. The van der Waals surface area contributed by atoms with Gasteiger partial charge in [0.2, 0.25) is 0 Å². The smallest absolute Gasteiger partial charge is 0.0740 e. The Kier molecular flexibility index (Phi) is 4.58. The van der Waals surface area contributed by atoms with Gasteiger partial charge < -0.3 is 10.0 Å². The molecule has 0 saturated heterocycles. The van der Waals surface area contributed by atoms with Crippen molar-refractivity contribution in [1.82, 2.24) is 0 Å². The normalized spacial score (nSPS) is 16.4. The monoisotopic (exact) mass is 235 g/mol. The van der Waals surface area contributed by atoms with Crippen LogP contribution in [0.5, 0.6) is 0 Å². The molecule has 0 aliphatic carbocycles. The summed E-state index contributed by atoms with van der Waals surface area (Å²) in [5, 5.41) is 10.1. The summed E-state index contributed by atoms with van der Waals surface area (Å²) in [6, 6.07) is 8.37. The van der Waals surface area contributed by atoms with E-state index in [0.29, 0.717) is 0 Å². The third-order valence-corrected chi connectivity index (χ3v) is 3.95. The maximum Gasteiger partial charge on any atom is 0.0740 e. The second-order valence-electron chi connectivity index (χ2n) is 4.92. The van der Waals surface area contributed by atoms with E-state index in [9.17, 15) is 5.11 Å². The van der Waals surface area contributed by atoms with Gasteiger partial charge >= 0.3 is 0 Å². The van der Waals surface area contributed by atoms with Crippen molar-refractivity contribution >= 4 is 5.69 Å². The van der Waals surface area contributed by atoms with Crippen LogP contribution in [0.15, 0.2) is 24.3 Å². The van der Waals surface area contributed by atoms with Crippen LogP contribution in [0.4, 0.5) is 5.69 Å². The van der Waals surface area contributed by atoms with Crippen molar-refractivity contribution in [3.05, 3.63) is 29.8 Å². The summed E-state index contributed by atoms with van der Waals surface area (Å²) in [5.74, 6) is 0. The quantitative estimate of drug-likeness (QED) is 0.846. The van der Waals surface area contributed by atoms with E-state index in [1.807, 2.05) is 6.92 Å². The van der Waals surface area contributed by atoms with Gasteiger partial charge in [0.15, 0.2) is 0 Å². The summed E-state index contributed by atoms with van der Waals surface area (Å²) in [5.41, 5.74) is 2.27. The van der Waals surface area contributed by atoms with Gasteiger partial charge in [-0.3, -0.25) is 0 Å². The van der Waals surface area contributed by atoms with Crippen LogP contribution in [0.2, 0.25) is 0 Å². The van der Waals surface area contributed by atoms with Crippen LogP contribution in [-0.2, 0) is 0 Å². The molecule has 1 N–H and O–H groups in total. The molecule has 0 saturated carbocycles. The molecule has 0 radical (unpaired) electrons. The fourth-order valence-corrected chi connectivity index (χ4v) is 2.38. The number of rotatable bonds is 5. The number of hydrogen-bond donors (Lipinski definition) is 1. The maximum absolute atomic E-state index is 10.1. The fraction of sp³-hybridized carbons (Fsp3) is 0.600. The van der Waals surface area contributed by atoms with Crippen LogP contribution >= 0.6 is 0 Å². The highest BCUT2D eigenvalue weighted by molar-refractivity contribution is 5.55. The van der Waals surface area contributed by atoms with Crippen molar-refractivity contribution in [2.45, 2.75) is 52.7 Å². The fourth-order valence-electron chi connectivity index (χ4n) is 2.38. The van der Waals surface area contributed by atoms with Crippen molar-refractivity contribution in [2.75, 3.05) is 11.4 Å². The number of benzene rings is 1. The summed E-state index contributed by atoms with van der Waals surface area (Å²) < 4.78 is 0. The van der Waals surface area contributed by atoms with Crippen LogP contribution < -0.4 is 4.90 Å². The first-order chi connectivity index (χ1) is 7.97. The van der Waals surface area contributed by atoms with Crippen LogP contribution in [0.25, 0.3) is 0 Å². The van der Waals surface area contributed by atoms with E-state index in [2.05, 4.69) is 56.9 Å². The number of aryl methyl sites for hydroxylation is 1. The Bertz CT molecular complexity index is 362. The van der Waals surface area contributed by atoms with Crippen LogP contribution in [0.1, 0.15) is 39.7 Å². The van der Waals surface area contributed by atoms with Gasteiger partial charge in [0.05, 0.1) is 11.6 Å². The minimum absolute atomic E-state index is 0.207. The molecular weight excluding hydrogens is 210 g/mol. The van der Waals surface area contributed by atoms with E-state index in [-0.39, 0.29) is 11.6 Å². The molecule has 2 unspecified atom stereocenters. The molecule has 0 fully saturated rings. The number of hydrogen-bond acceptors (Lipinski definition) is 2. The first-order valence-corrected chi connectivity index (χ1v) is 6.48. The summed E-state index contributed by atoms with van der Waals surface area (Å²) in [6.07, 6.45) is 0.569. The Morgan fingerprint density at radius 2 is 1.88 bits per heavy atom. The number of likely N-dealkylation sites (N-methyl/N-ethyl adjacent to an activating group) is 1. The Hall–Kier alpha value is -1.02. The van der Waals surface area contributed by atoms with E-state index < -0.39 is 0 Å². The van der Waals surface area contributed by atoms with Crippen molar-refractivity contribution in [3.63, 3.8) is 0 Å². The minimum Gasteiger partial charge on any atom is -0.391 e. The molecule has 1 rings (SSSR count). The van der Waals surface area contributed by atoms with Gasteiger partial charge in [0.25, 0.3) is 0 Å². The lowest BCUT2D eigenvalue weighted by Gasteiger charge is -2.45. The molecule has 2 atom stereocenters. The van der Waals surface area contributed by atoms with Crippen molar-refractivity contribution in [3.8, 4) is 0 Å². The minimum atomic E-state index is -0.355. The lowest BCUT2D eigenvalue weighted by atomic mass is 9.89. The second-order valence-corrected chi connectivity index (χ2v) is 4.92. The first-order valence-electron chi connectivity index (χ1n) is 6.48. The number of aliphatic hydroxyl groups is 1. The van der Waals surface area contributed by atoms with Gasteiger partial charge in [-0.15, -0.1) is 0 Å². The van der Waals surface area contributed by atoms with Crippen LogP contribution in [0.3, 0.4) is 0 Å². The Morgan fingerprint density at radius 3 is 2.29 bits per heavy atom. The van der Waals surface area contributed by atoms with Crippen molar-refractivity contribution in [1.29, 1.82) is 0 Å². The average Bonchev–Trinajstić information content (AvgIpc) is 2.31. The summed E-state index contributed by atoms with van der Waals surface area (Å²) in [6.45, 7) is 11.3. The zero-order valence-corrected chi connectivity index (χ0v) is 11.7. The SMILES string of the molecule is CCN(c1ccccc1C)C(C)(CC)C(C)O. The molecule has 2 heteroatoms. The van der Waals surface area contributed by atoms with Crippen molar-refractivity contribution < 1.29 is 5.11 Å². The molecule has 0 bridgehead atoms. The van der Waals surface area contributed by atoms with Crippen LogP contribution in [-0.4, -0.2) is 23.3 Å². The zero-order chi connectivity index (χ0) is 13.1. The number of anilines is 1. The Morgan fingerprint density at radius 1 is 1.29 bits per heavy atom.